The number of rotatable bonds is 11. The fourth-order valence-corrected chi connectivity index (χ4v) is 1.48. The first kappa shape index (κ1) is 46.1. The molecule has 0 aliphatic carbocycles. The van der Waals surface area contributed by atoms with Crippen LogP contribution in [-0.2, 0) is 19.2 Å². The molecule has 0 rings (SSSR count). The Kier molecular flexibility index (Phi) is 47.4. The molecular formula is C10H24N2Na4O10. The van der Waals surface area contributed by atoms with Crippen molar-refractivity contribution in [3.05, 3.63) is 0 Å². The Morgan fingerprint density at radius 2 is 0.654 bits per heavy atom. The summed E-state index contributed by atoms with van der Waals surface area (Å²) in [7, 11) is 0. The molecule has 0 saturated carbocycles. The van der Waals surface area contributed by atoms with E-state index in [2.05, 4.69) is 0 Å². The summed E-state index contributed by atoms with van der Waals surface area (Å²) in [5, 5.41) is 34.5. The molecule has 0 aliphatic heterocycles. The van der Waals surface area contributed by atoms with Gasteiger partial charge in [-0.15, -0.1) is 0 Å². The molecule has 0 fully saturated rings. The predicted octanol–water partition coefficient (Wildman–Crippen LogP) is -6.31. The number of nitrogens with zero attached hydrogens (tertiary/aromatic N) is 2. The fraction of sp³-hybridized carbons (Fsp3) is 0.600. The minimum atomic E-state index is -1.23. The summed E-state index contributed by atoms with van der Waals surface area (Å²) in [5.74, 6) is -4.91. The monoisotopic (exact) mass is 424 g/mol. The number of carboxylic acid groups (broad SMARTS) is 4. The van der Waals surface area contributed by atoms with E-state index >= 15 is 0 Å². The van der Waals surface area contributed by atoms with Gasteiger partial charge in [-0.3, -0.25) is 29.0 Å². The molecule has 0 heterocycles. The average Bonchev–Trinajstić information content (AvgIpc) is 2.22. The van der Waals surface area contributed by atoms with Crippen LogP contribution in [0.5, 0.6) is 0 Å². The van der Waals surface area contributed by atoms with Crippen molar-refractivity contribution in [3.8, 4) is 0 Å². The summed E-state index contributed by atoms with van der Waals surface area (Å²) in [6.07, 6.45) is 0. The van der Waals surface area contributed by atoms with Gasteiger partial charge in [0.05, 0.1) is 26.2 Å². The number of hydrogen-bond donors (Lipinski definition) is 4. The Morgan fingerprint density at radius 3 is 0.769 bits per heavy atom. The van der Waals surface area contributed by atoms with Gasteiger partial charge in [0.1, 0.15) is 0 Å². The van der Waals surface area contributed by atoms with E-state index in [0.29, 0.717) is 0 Å². The molecule has 0 atom stereocenters. The van der Waals surface area contributed by atoms with Crippen LogP contribution in [0.4, 0.5) is 0 Å². The summed E-state index contributed by atoms with van der Waals surface area (Å²) >= 11 is 0. The zero-order chi connectivity index (χ0) is 15.7. The van der Waals surface area contributed by atoms with Crippen LogP contribution in [0.15, 0.2) is 0 Å². The Bertz CT molecular complexity index is 334. The van der Waals surface area contributed by atoms with Gasteiger partial charge in [0.15, 0.2) is 0 Å². The van der Waals surface area contributed by atoms with Crippen molar-refractivity contribution in [3.63, 3.8) is 0 Å². The molecule has 16 heteroatoms. The molecule has 0 bridgehead atoms. The first-order valence-electron chi connectivity index (χ1n) is 5.52. The van der Waals surface area contributed by atoms with E-state index in [1.54, 1.807) is 0 Å². The van der Waals surface area contributed by atoms with Crippen molar-refractivity contribution in [1.29, 1.82) is 0 Å². The van der Waals surface area contributed by atoms with Crippen molar-refractivity contribution in [1.82, 2.24) is 9.80 Å². The van der Waals surface area contributed by atoms with Crippen LogP contribution in [0, 0.1) is 0 Å². The van der Waals surface area contributed by atoms with Crippen LogP contribution in [0.3, 0.4) is 0 Å². The molecule has 26 heavy (non-hydrogen) atoms. The number of aliphatic carboxylic acids is 4. The quantitative estimate of drug-likeness (QED) is 0.230. The van der Waals surface area contributed by atoms with Gasteiger partial charge in [-0.05, 0) is 0 Å². The van der Waals surface area contributed by atoms with Crippen LogP contribution in [0.25, 0.3) is 0 Å². The van der Waals surface area contributed by atoms with E-state index in [1.165, 1.54) is 0 Å². The SMILES string of the molecule is O.O.O=C(O)CN(CCN(CC(=O)O)CC(=O)O)CC(=O)O.[NaH].[NaH].[NaH].[NaH]. The third kappa shape index (κ3) is 30.4. The summed E-state index contributed by atoms with van der Waals surface area (Å²) in [6, 6.07) is 0. The second kappa shape index (κ2) is 26.7. The maximum absolute atomic E-state index is 10.6. The van der Waals surface area contributed by atoms with Crippen molar-refractivity contribution < 1.29 is 50.6 Å². The van der Waals surface area contributed by atoms with Gasteiger partial charge in [0.25, 0.3) is 0 Å². The van der Waals surface area contributed by atoms with Gasteiger partial charge in [0, 0.05) is 13.1 Å². The molecule has 0 amide bonds. The third-order valence-corrected chi connectivity index (χ3v) is 2.17. The van der Waals surface area contributed by atoms with Crippen LogP contribution in [0.1, 0.15) is 0 Å². The third-order valence-electron chi connectivity index (χ3n) is 2.17. The molecule has 0 saturated heterocycles. The van der Waals surface area contributed by atoms with E-state index in [4.69, 9.17) is 20.4 Å². The van der Waals surface area contributed by atoms with Crippen molar-refractivity contribution in [2.75, 3.05) is 39.3 Å². The summed E-state index contributed by atoms with van der Waals surface area (Å²) < 4.78 is 0. The molecule has 8 N–H and O–H groups in total. The Labute approximate surface area is 238 Å². The average molecular weight is 424 g/mol. The van der Waals surface area contributed by atoms with Gasteiger partial charge in [-0.1, -0.05) is 0 Å². The zero-order valence-corrected chi connectivity index (χ0v) is 11.6. The van der Waals surface area contributed by atoms with Gasteiger partial charge >= 0.3 is 142 Å². The first-order valence-corrected chi connectivity index (χ1v) is 5.52. The molecule has 0 aliphatic rings. The van der Waals surface area contributed by atoms with Crippen LogP contribution >= 0.6 is 0 Å². The number of hydrogen-bond acceptors (Lipinski definition) is 6. The molecule has 0 aromatic heterocycles. The predicted molar refractivity (Wildman–Crippen MR) is 99.2 cm³/mol. The second-order valence-electron chi connectivity index (χ2n) is 4.00. The zero-order valence-electron chi connectivity index (χ0n) is 11.6. The van der Waals surface area contributed by atoms with E-state index in [1.807, 2.05) is 0 Å². The second-order valence-corrected chi connectivity index (χ2v) is 4.00. The molecule has 0 aromatic rings. The van der Waals surface area contributed by atoms with Gasteiger partial charge < -0.3 is 31.4 Å². The topological polar surface area (TPSA) is 219 Å². The van der Waals surface area contributed by atoms with Gasteiger partial charge in [0.2, 0.25) is 0 Å². The van der Waals surface area contributed by atoms with E-state index < -0.39 is 50.1 Å². The maximum atomic E-state index is 10.6. The molecule has 0 radical (unpaired) electrons. The summed E-state index contributed by atoms with van der Waals surface area (Å²) in [4.78, 5) is 44.4. The van der Waals surface area contributed by atoms with Gasteiger partial charge in [-0.25, -0.2) is 0 Å². The van der Waals surface area contributed by atoms with Gasteiger partial charge in [-0.2, -0.15) is 0 Å². The molecule has 0 aromatic carbocycles. The Morgan fingerprint density at radius 1 is 0.500 bits per heavy atom. The van der Waals surface area contributed by atoms with Crippen molar-refractivity contribution in [2.45, 2.75) is 0 Å². The first-order chi connectivity index (χ1) is 9.20. The number of carbonyl (C=O) groups is 4. The molecule has 12 nitrogen and oxygen atoms in total. The van der Waals surface area contributed by atoms with Crippen LogP contribution in [0.2, 0.25) is 0 Å². The summed E-state index contributed by atoms with van der Waals surface area (Å²) in [5.41, 5.74) is 0. The normalized spacial score (nSPS) is 8.23. The standard InChI is InChI=1S/C10H16N2O8.4Na.2H2O.4H/c13-7(14)3-11(4-8(15)16)1-2-12(5-9(17)18)6-10(19)20;;;;;;;;;;/h1-6H2,(H,13,14)(H,15,16)(H,17,18)(H,19,20);;;;;2*1H2;;;;. The number of carboxylic acids is 4. The molecular weight excluding hydrogens is 400 g/mol. The minimum absolute atomic E-state index is 0. The van der Waals surface area contributed by atoms with E-state index in [-0.39, 0.29) is 142 Å². The van der Waals surface area contributed by atoms with Crippen molar-refractivity contribution >= 4 is 142 Å². The fourth-order valence-electron chi connectivity index (χ4n) is 1.48. The molecule has 0 unspecified atom stereocenters. The van der Waals surface area contributed by atoms with E-state index in [9.17, 15) is 19.2 Å². The van der Waals surface area contributed by atoms with E-state index in [0.717, 1.165) is 9.80 Å². The van der Waals surface area contributed by atoms with Crippen molar-refractivity contribution in [2.24, 2.45) is 0 Å². The van der Waals surface area contributed by atoms with Crippen LogP contribution in [-0.4, -0.2) is 223 Å². The summed E-state index contributed by atoms with van der Waals surface area (Å²) in [6.45, 7) is -2.25. The molecule has 0 spiro atoms. The molecule has 138 valence electrons. The Balaban J connectivity index is -0.000000120. The Hall–Kier alpha value is 1.72. The van der Waals surface area contributed by atoms with Crippen LogP contribution < -0.4 is 0 Å².